The Hall–Kier alpha value is -1.53. The van der Waals surface area contributed by atoms with E-state index >= 15 is 0 Å². The van der Waals surface area contributed by atoms with E-state index in [0.29, 0.717) is 12.3 Å². The summed E-state index contributed by atoms with van der Waals surface area (Å²) in [5, 5.41) is 0. The molecule has 0 unspecified atom stereocenters. The van der Waals surface area contributed by atoms with Gasteiger partial charge in [-0.25, -0.2) is 0 Å². The van der Waals surface area contributed by atoms with Gasteiger partial charge in [0, 0.05) is 13.1 Å². The molecule has 2 heterocycles. The summed E-state index contributed by atoms with van der Waals surface area (Å²) in [7, 11) is 3.26. The Morgan fingerprint density at radius 3 is 2.45 bits per heavy atom. The smallest absolute Gasteiger partial charge is 0.264 e. The summed E-state index contributed by atoms with van der Waals surface area (Å²) in [6, 6.07) is 7.75. The van der Waals surface area contributed by atoms with Gasteiger partial charge in [0.25, 0.3) is 5.91 Å². The summed E-state index contributed by atoms with van der Waals surface area (Å²) in [5.74, 6) is 1.52. The van der Waals surface area contributed by atoms with Gasteiger partial charge in [-0.2, -0.15) is 0 Å². The number of nitrogens with zero attached hydrogens (tertiary/aromatic N) is 1. The lowest BCUT2D eigenvalue weighted by atomic mass is 9.98. The van der Waals surface area contributed by atoms with Crippen molar-refractivity contribution in [3.05, 3.63) is 44.1 Å². The number of thiophene rings is 1. The van der Waals surface area contributed by atoms with Crippen molar-refractivity contribution in [2.24, 2.45) is 0 Å². The second kappa shape index (κ2) is 6.30. The molecule has 0 bridgehead atoms. The van der Waals surface area contributed by atoms with Crippen molar-refractivity contribution in [2.45, 2.75) is 13.0 Å². The monoisotopic (exact) mass is 381 g/mol. The average molecular weight is 382 g/mol. The Morgan fingerprint density at radius 1 is 1.18 bits per heavy atom. The standard InChI is InChI=1S/C16H16BrNO3S/c1-20-12-7-10-5-6-18(9-11(10)8-13(12)21-2)16(19)14-3-4-15(17)22-14/h3-4,7-8H,5-6,9H2,1-2H3. The SMILES string of the molecule is COc1cc2c(cc1OC)CN(C(=O)c1ccc(Br)s1)CC2. The molecule has 0 N–H and O–H groups in total. The molecule has 4 nitrogen and oxygen atoms in total. The molecule has 0 aliphatic carbocycles. The van der Waals surface area contributed by atoms with Gasteiger partial charge in [-0.1, -0.05) is 0 Å². The number of hydrogen-bond donors (Lipinski definition) is 0. The first-order valence-electron chi connectivity index (χ1n) is 6.90. The van der Waals surface area contributed by atoms with E-state index in [2.05, 4.69) is 15.9 Å². The summed E-state index contributed by atoms with van der Waals surface area (Å²) in [5.41, 5.74) is 2.34. The zero-order chi connectivity index (χ0) is 15.7. The van der Waals surface area contributed by atoms with Gasteiger partial charge in [0.1, 0.15) is 0 Å². The third-order valence-corrected chi connectivity index (χ3v) is 5.40. The molecule has 22 heavy (non-hydrogen) atoms. The van der Waals surface area contributed by atoms with Gasteiger partial charge < -0.3 is 14.4 Å². The molecule has 1 aromatic heterocycles. The molecule has 0 saturated heterocycles. The second-order valence-corrected chi connectivity index (χ2v) is 7.52. The number of fused-ring (bicyclic) bond motifs is 1. The van der Waals surface area contributed by atoms with Gasteiger partial charge in [0.05, 0.1) is 22.9 Å². The Kier molecular flexibility index (Phi) is 4.40. The third-order valence-electron chi connectivity index (χ3n) is 3.79. The summed E-state index contributed by atoms with van der Waals surface area (Å²) >= 11 is 4.87. The van der Waals surface area contributed by atoms with Crippen LogP contribution in [0.15, 0.2) is 28.1 Å². The molecule has 0 radical (unpaired) electrons. The molecule has 3 rings (SSSR count). The minimum Gasteiger partial charge on any atom is -0.493 e. The highest BCUT2D eigenvalue weighted by molar-refractivity contribution is 9.11. The lowest BCUT2D eigenvalue weighted by molar-refractivity contribution is 0.0739. The first kappa shape index (κ1) is 15.4. The molecule has 0 fully saturated rings. The number of ether oxygens (including phenoxy) is 2. The number of rotatable bonds is 3. The van der Waals surface area contributed by atoms with Crippen molar-refractivity contribution in [2.75, 3.05) is 20.8 Å². The molecular formula is C16H16BrNO3S. The van der Waals surface area contributed by atoms with Crippen LogP contribution in [0, 0.1) is 0 Å². The van der Waals surface area contributed by atoms with Crippen molar-refractivity contribution in [1.82, 2.24) is 4.90 Å². The molecule has 116 valence electrons. The Morgan fingerprint density at radius 2 is 1.86 bits per heavy atom. The maximum absolute atomic E-state index is 12.6. The van der Waals surface area contributed by atoms with E-state index in [1.54, 1.807) is 14.2 Å². The highest BCUT2D eigenvalue weighted by atomic mass is 79.9. The number of carbonyl (C=O) groups is 1. The van der Waals surface area contributed by atoms with E-state index < -0.39 is 0 Å². The fraction of sp³-hybridized carbons (Fsp3) is 0.312. The van der Waals surface area contributed by atoms with Gasteiger partial charge in [-0.05, 0) is 57.7 Å². The molecule has 0 atom stereocenters. The lowest BCUT2D eigenvalue weighted by Gasteiger charge is -2.29. The molecule has 1 aromatic carbocycles. The van der Waals surface area contributed by atoms with Crippen LogP contribution in [0.3, 0.4) is 0 Å². The average Bonchev–Trinajstić information content (AvgIpc) is 2.98. The van der Waals surface area contributed by atoms with Crippen LogP contribution in [0.4, 0.5) is 0 Å². The predicted octanol–water partition coefficient (Wildman–Crippen LogP) is 3.73. The van der Waals surface area contributed by atoms with Crippen molar-refractivity contribution in [1.29, 1.82) is 0 Å². The van der Waals surface area contributed by atoms with E-state index in [1.165, 1.54) is 16.9 Å². The van der Waals surface area contributed by atoms with Gasteiger partial charge >= 0.3 is 0 Å². The molecule has 1 aliphatic rings. The maximum Gasteiger partial charge on any atom is 0.264 e. The quantitative estimate of drug-likeness (QED) is 0.812. The van der Waals surface area contributed by atoms with E-state index in [4.69, 9.17) is 9.47 Å². The number of halogens is 1. The number of amides is 1. The van der Waals surface area contributed by atoms with Crippen molar-refractivity contribution in [3.63, 3.8) is 0 Å². The lowest BCUT2D eigenvalue weighted by Crippen LogP contribution is -2.35. The summed E-state index contributed by atoms with van der Waals surface area (Å²) in [6.07, 6.45) is 0.827. The van der Waals surface area contributed by atoms with Crippen LogP contribution in [0.2, 0.25) is 0 Å². The zero-order valence-electron chi connectivity index (χ0n) is 12.4. The molecule has 0 spiro atoms. The molecule has 1 aliphatic heterocycles. The summed E-state index contributed by atoms with van der Waals surface area (Å²) in [4.78, 5) is 15.2. The van der Waals surface area contributed by atoms with Crippen LogP contribution in [0.5, 0.6) is 11.5 Å². The van der Waals surface area contributed by atoms with Gasteiger partial charge in [0.2, 0.25) is 0 Å². The van der Waals surface area contributed by atoms with Crippen LogP contribution in [0.25, 0.3) is 0 Å². The molecular weight excluding hydrogens is 366 g/mol. The number of carbonyl (C=O) groups excluding carboxylic acids is 1. The van der Waals surface area contributed by atoms with E-state index in [0.717, 1.165) is 32.9 Å². The Bertz CT molecular complexity index is 713. The fourth-order valence-electron chi connectivity index (χ4n) is 2.64. The molecule has 2 aromatic rings. The minimum absolute atomic E-state index is 0.0798. The zero-order valence-corrected chi connectivity index (χ0v) is 14.8. The maximum atomic E-state index is 12.6. The van der Waals surface area contributed by atoms with Gasteiger partial charge in [-0.3, -0.25) is 4.79 Å². The highest BCUT2D eigenvalue weighted by Gasteiger charge is 2.24. The predicted molar refractivity (Wildman–Crippen MR) is 90.0 cm³/mol. The van der Waals surface area contributed by atoms with Crippen molar-refractivity contribution >= 4 is 33.2 Å². The topological polar surface area (TPSA) is 38.8 Å². The van der Waals surface area contributed by atoms with Crippen LogP contribution in [-0.4, -0.2) is 31.6 Å². The van der Waals surface area contributed by atoms with Crippen LogP contribution in [0.1, 0.15) is 20.8 Å². The van der Waals surface area contributed by atoms with Crippen molar-refractivity contribution in [3.8, 4) is 11.5 Å². The number of benzene rings is 1. The van der Waals surface area contributed by atoms with Crippen LogP contribution >= 0.6 is 27.3 Å². The highest BCUT2D eigenvalue weighted by Crippen LogP contribution is 2.34. The number of hydrogen-bond acceptors (Lipinski definition) is 4. The van der Waals surface area contributed by atoms with E-state index in [9.17, 15) is 4.79 Å². The Labute approximate surface area is 141 Å². The number of methoxy groups -OCH3 is 2. The summed E-state index contributed by atoms with van der Waals surface area (Å²) < 4.78 is 11.7. The van der Waals surface area contributed by atoms with Gasteiger partial charge in [0.15, 0.2) is 11.5 Å². The second-order valence-electron chi connectivity index (χ2n) is 5.06. The van der Waals surface area contributed by atoms with Crippen molar-refractivity contribution < 1.29 is 14.3 Å². The third kappa shape index (κ3) is 2.85. The minimum atomic E-state index is 0.0798. The van der Waals surface area contributed by atoms with E-state index in [-0.39, 0.29) is 5.91 Å². The van der Waals surface area contributed by atoms with Gasteiger partial charge in [-0.15, -0.1) is 11.3 Å². The molecule has 1 amide bonds. The first-order chi connectivity index (χ1) is 10.6. The van der Waals surface area contributed by atoms with E-state index in [1.807, 2.05) is 29.2 Å². The molecule has 0 saturated carbocycles. The van der Waals surface area contributed by atoms with Crippen LogP contribution in [-0.2, 0) is 13.0 Å². The molecule has 6 heteroatoms. The normalized spacial score (nSPS) is 13.7. The fourth-order valence-corrected chi connectivity index (χ4v) is 4.00. The largest absolute Gasteiger partial charge is 0.493 e. The van der Waals surface area contributed by atoms with Crippen LogP contribution < -0.4 is 9.47 Å². The first-order valence-corrected chi connectivity index (χ1v) is 8.51. The Balaban J connectivity index is 1.85. The summed E-state index contributed by atoms with van der Waals surface area (Å²) in [6.45, 7) is 1.32.